The lowest BCUT2D eigenvalue weighted by atomic mass is 10.2. The summed E-state index contributed by atoms with van der Waals surface area (Å²) in [6.07, 6.45) is 1.54. The highest BCUT2D eigenvalue weighted by molar-refractivity contribution is 9.10. The molecule has 1 N–H and O–H groups in total. The quantitative estimate of drug-likeness (QED) is 0.296. The Morgan fingerprint density at radius 2 is 2.00 bits per heavy atom. The number of hydrogen-bond donors (Lipinski definition) is 1. The van der Waals surface area contributed by atoms with Gasteiger partial charge >= 0.3 is 11.7 Å². The van der Waals surface area contributed by atoms with Gasteiger partial charge in [-0.05, 0) is 28.1 Å². The van der Waals surface area contributed by atoms with Crippen molar-refractivity contribution < 1.29 is 19.0 Å². The van der Waals surface area contributed by atoms with Crippen LogP contribution in [0.15, 0.2) is 31.3 Å². The Labute approximate surface area is 189 Å². The van der Waals surface area contributed by atoms with Crippen molar-refractivity contribution in [1.29, 1.82) is 0 Å². The van der Waals surface area contributed by atoms with Crippen LogP contribution in [-0.2, 0) is 30.2 Å². The number of hydrogen-bond acceptors (Lipinski definition) is 9. The number of nitrogens with one attached hydrogen (secondary N) is 1. The summed E-state index contributed by atoms with van der Waals surface area (Å²) in [5.41, 5.74) is 2.86. The average Bonchev–Trinajstić information content (AvgIpc) is 3.35. The second-order valence-electron chi connectivity index (χ2n) is 6.90. The van der Waals surface area contributed by atoms with E-state index in [4.69, 9.17) is 14.2 Å². The van der Waals surface area contributed by atoms with Gasteiger partial charge in [-0.1, -0.05) is 0 Å². The summed E-state index contributed by atoms with van der Waals surface area (Å²) < 4.78 is 20.2. The molecule has 3 heterocycles. The average molecular weight is 507 g/mol. The predicted octanol–water partition coefficient (Wildman–Crippen LogP) is 0.934. The minimum Gasteiger partial charge on any atom is -0.464 e. The number of esters is 1. The molecule has 0 saturated carbocycles. The number of anilines is 1. The van der Waals surface area contributed by atoms with Crippen LogP contribution in [0.1, 0.15) is 12.5 Å². The van der Waals surface area contributed by atoms with Crippen molar-refractivity contribution in [2.45, 2.75) is 13.5 Å². The Kier molecular flexibility index (Phi) is 5.74. The van der Waals surface area contributed by atoms with Crippen LogP contribution in [0, 0.1) is 0 Å². The zero-order chi connectivity index (χ0) is 23.0. The molecule has 32 heavy (non-hydrogen) atoms. The van der Waals surface area contributed by atoms with Crippen LogP contribution in [0.2, 0.25) is 0 Å². The van der Waals surface area contributed by atoms with E-state index in [2.05, 4.69) is 31.4 Å². The highest BCUT2D eigenvalue weighted by Crippen LogP contribution is 2.36. The van der Waals surface area contributed by atoms with Crippen LogP contribution in [0.25, 0.3) is 11.2 Å². The molecule has 0 unspecified atom stereocenters. The van der Waals surface area contributed by atoms with Crippen molar-refractivity contribution in [3.63, 3.8) is 0 Å². The number of rotatable bonds is 6. The minimum absolute atomic E-state index is 0.0128. The standard InChI is InChI=1S/C19H19BrN6O6/c1-10(27)30-5-4-26-15-16(24(2)19(29)25(3)17(15)28)22-18(26)23-21-8-11-6-13-14(7-12(11)20)32-9-31-13/h6-8H,4-5,9H2,1-3H3,(H,22,23)/b21-8-. The molecule has 0 spiro atoms. The lowest BCUT2D eigenvalue weighted by Gasteiger charge is -2.09. The molecule has 1 aliphatic heterocycles. The zero-order valence-corrected chi connectivity index (χ0v) is 19.0. The maximum Gasteiger partial charge on any atom is 0.332 e. The highest BCUT2D eigenvalue weighted by Gasteiger charge is 2.19. The SMILES string of the molecule is CC(=O)OCCn1c(N/N=C\c2cc3c(cc2Br)OCO3)nc2c1c(=O)n(C)c(=O)n2C. The van der Waals surface area contributed by atoms with E-state index in [0.717, 1.165) is 9.04 Å². The third-order valence-electron chi connectivity index (χ3n) is 4.83. The van der Waals surface area contributed by atoms with Crippen LogP contribution in [0.5, 0.6) is 11.5 Å². The lowest BCUT2D eigenvalue weighted by molar-refractivity contribution is -0.141. The monoisotopic (exact) mass is 506 g/mol. The molecular weight excluding hydrogens is 488 g/mol. The van der Waals surface area contributed by atoms with Gasteiger partial charge < -0.3 is 14.2 Å². The van der Waals surface area contributed by atoms with E-state index in [1.165, 1.54) is 30.2 Å². The van der Waals surface area contributed by atoms with Crippen LogP contribution < -0.4 is 26.1 Å². The van der Waals surface area contributed by atoms with Gasteiger partial charge in [-0.3, -0.25) is 23.3 Å². The molecule has 12 nitrogen and oxygen atoms in total. The van der Waals surface area contributed by atoms with Crippen molar-refractivity contribution in [2.24, 2.45) is 19.2 Å². The molecule has 0 bridgehead atoms. The van der Waals surface area contributed by atoms with E-state index in [9.17, 15) is 14.4 Å². The molecular formula is C19H19BrN6O6. The summed E-state index contributed by atoms with van der Waals surface area (Å²) in [6.45, 7) is 1.59. The number of carbonyl (C=O) groups excluding carboxylic acids is 1. The molecule has 1 aromatic carbocycles. The number of imidazole rings is 1. The molecule has 2 aromatic heterocycles. The van der Waals surface area contributed by atoms with Gasteiger partial charge in [0, 0.05) is 31.1 Å². The van der Waals surface area contributed by atoms with Gasteiger partial charge in [-0.25, -0.2) is 10.2 Å². The largest absolute Gasteiger partial charge is 0.464 e. The first-order valence-electron chi connectivity index (χ1n) is 9.45. The van der Waals surface area contributed by atoms with Crippen molar-refractivity contribution in [2.75, 3.05) is 18.8 Å². The van der Waals surface area contributed by atoms with E-state index in [1.807, 2.05) is 0 Å². The number of hydrazone groups is 1. The molecule has 13 heteroatoms. The van der Waals surface area contributed by atoms with Gasteiger partial charge in [-0.15, -0.1) is 0 Å². The molecule has 168 valence electrons. The fourth-order valence-electron chi connectivity index (χ4n) is 3.22. The number of carbonyl (C=O) groups is 1. The Morgan fingerprint density at radius 3 is 2.72 bits per heavy atom. The smallest absolute Gasteiger partial charge is 0.332 e. The maximum absolute atomic E-state index is 12.8. The van der Waals surface area contributed by atoms with Gasteiger partial charge in [-0.2, -0.15) is 10.1 Å². The fourth-order valence-corrected chi connectivity index (χ4v) is 3.65. The molecule has 3 aromatic rings. The van der Waals surface area contributed by atoms with E-state index in [-0.39, 0.29) is 37.1 Å². The van der Waals surface area contributed by atoms with Crippen molar-refractivity contribution in [1.82, 2.24) is 18.7 Å². The number of aryl methyl sites for hydroxylation is 1. The van der Waals surface area contributed by atoms with E-state index in [0.29, 0.717) is 17.1 Å². The first-order chi connectivity index (χ1) is 15.3. The molecule has 1 aliphatic rings. The first-order valence-corrected chi connectivity index (χ1v) is 10.2. The molecule has 0 amide bonds. The number of fused-ring (bicyclic) bond motifs is 2. The van der Waals surface area contributed by atoms with Crippen LogP contribution in [-0.4, -0.2) is 44.3 Å². The first kappa shape index (κ1) is 21.6. The summed E-state index contributed by atoms with van der Waals surface area (Å²) in [5.74, 6) is 0.987. The lowest BCUT2D eigenvalue weighted by Crippen LogP contribution is -2.37. The molecule has 4 rings (SSSR count). The topological polar surface area (TPSA) is 131 Å². The van der Waals surface area contributed by atoms with Gasteiger partial charge in [0.1, 0.15) is 6.61 Å². The van der Waals surface area contributed by atoms with E-state index >= 15 is 0 Å². The van der Waals surface area contributed by atoms with Gasteiger partial charge in [0.2, 0.25) is 12.7 Å². The van der Waals surface area contributed by atoms with E-state index in [1.54, 1.807) is 18.3 Å². The van der Waals surface area contributed by atoms with Crippen LogP contribution >= 0.6 is 15.9 Å². The summed E-state index contributed by atoms with van der Waals surface area (Å²) in [4.78, 5) is 40.6. The Balaban J connectivity index is 1.71. The molecule has 0 radical (unpaired) electrons. The molecule has 0 saturated heterocycles. The van der Waals surface area contributed by atoms with Crippen molar-refractivity contribution in [3.05, 3.63) is 43.0 Å². The highest BCUT2D eigenvalue weighted by atomic mass is 79.9. The summed E-state index contributed by atoms with van der Waals surface area (Å²) in [7, 11) is 2.90. The second kappa shape index (κ2) is 8.49. The third kappa shape index (κ3) is 3.86. The number of benzene rings is 1. The molecule has 0 fully saturated rings. The number of ether oxygens (including phenoxy) is 3. The fraction of sp³-hybridized carbons (Fsp3) is 0.316. The maximum atomic E-state index is 12.8. The minimum atomic E-state index is -0.519. The van der Waals surface area contributed by atoms with E-state index < -0.39 is 17.2 Å². The van der Waals surface area contributed by atoms with Crippen molar-refractivity contribution >= 4 is 45.2 Å². The second-order valence-corrected chi connectivity index (χ2v) is 7.76. The normalized spacial score (nSPS) is 12.6. The van der Waals surface area contributed by atoms with Gasteiger partial charge in [0.05, 0.1) is 12.8 Å². The predicted molar refractivity (Wildman–Crippen MR) is 118 cm³/mol. The Bertz CT molecular complexity index is 1370. The Hall–Kier alpha value is -3.61. The molecule has 0 atom stereocenters. The van der Waals surface area contributed by atoms with Gasteiger partial charge in [0.15, 0.2) is 22.7 Å². The van der Waals surface area contributed by atoms with Crippen LogP contribution in [0.4, 0.5) is 5.95 Å². The summed E-state index contributed by atoms with van der Waals surface area (Å²) in [5, 5.41) is 4.21. The zero-order valence-electron chi connectivity index (χ0n) is 17.4. The van der Waals surface area contributed by atoms with Crippen molar-refractivity contribution in [3.8, 4) is 11.5 Å². The summed E-state index contributed by atoms with van der Waals surface area (Å²) >= 11 is 3.46. The number of nitrogens with zero attached hydrogens (tertiary/aromatic N) is 5. The van der Waals surface area contributed by atoms with Crippen LogP contribution in [0.3, 0.4) is 0 Å². The summed E-state index contributed by atoms with van der Waals surface area (Å²) in [6, 6.07) is 3.54. The number of aromatic nitrogens is 4. The third-order valence-corrected chi connectivity index (χ3v) is 5.52. The van der Waals surface area contributed by atoms with Gasteiger partial charge in [0.25, 0.3) is 5.56 Å². The number of halogens is 1. The Morgan fingerprint density at radius 1 is 1.28 bits per heavy atom. The molecule has 0 aliphatic carbocycles.